The molecule has 0 unspecified atom stereocenters. The predicted octanol–water partition coefficient (Wildman–Crippen LogP) is 3.40. The van der Waals surface area contributed by atoms with Crippen molar-refractivity contribution in [2.24, 2.45) is 11.3 Å². The van der Waals surface area contributed by atoms with E-state index in [0.29, 0.717) is 5.41 Å². The van der Waals surface area contributed by atoms with Crippen molar-refractivity contribution in [3.8, 4) is 0 Å². The van der Waals surface area contributed by atoms with Gasteiger partial charge in [0.2, 0.25) is 0 Å². The molecule has 3 nitrogen and oxygen atoms in total. The molecule has 0 amide bonds. The molecule has 1 aliphatic carbocycles. The van der Waals surface area contributed by atoms with Crippen molar-refractivity contribution in [2.75, 3.05) is 0 Å². The van der Waals surface area contributed by atoms with E-state index >= 15 is 0 Å². The monoisotopic (exact) mass is 224 g/mol. The van der Waals surface area contributed by atoms with Gasteiger partial charge in [-0.15, -0.1) is 0 Å². The van der Waals surface area contributed by atoms with Gasteiger partial charge in [0, 0.05) is 0 Å². The smallest absolute Gasteiger partial charge is 0.450 e. The quantitative estimate of drug-likeness (QED) is 0.620. The Morgan fingerprint density at radius 3 is 1.73 bits per heavy atom. The first-order valence-electron chi connectivity index (χ1n) is 5.65. The van der Waals surface area contributed by atoms with Gasteiger partial charge in [-0.3, -0.25) is 0 Å². The standard InChI is InChI=1S/C10H19.CH2O3.Na/c1-10(2,3)9-7-5-4-6-8-9;2-1(3)4;/h4,9H,5-8H2,1-3H3;(H2,2,3,4);. The zero-order valence-corrected chi connectivity index (χ0v) is 12.3. The van der Waals surface area contributed by atoms with E-state index in [9.17, 15) is 0 Å². The van der Waals surface area contributed by atoms with E-state index in [2.05, 4.69) is 20.8 Å². The first-order valence-corrected chi connectivity index (χ1v) is 6.81. The van der Waals surface area contributed by atoms with Crippen LogP contribution in [0.25, 0.3) is 0 Å². The fourth-order valence-electron chi connectivity index (χ4n) is 2.13. The van der Waals surface area contributed by atoms with Crippen LogP contribution in [-0.2, 0) is 0 Å². The molecular weight excluding hydrogens is 203 g/mol. The molecule has 0 heterocycles. The van der Waals surface area contributed by atoms with Crippen LogP contribution in [-0.4, -0.2) is 44.3 Å². The van der Waals surface area contributed by atoms with E-state index in [1.54, 1.807) is 0 Å². The maximum atomic E-state index is 8.56. The predicted molar refractivity (Wildman–Crippen MR) is 61.6 cm³/mol. The molecule has 0 aliphatic heterocycles. The van der Waals surface area contributed by atoms with Crippen LogP contribution in [0.15, 0.2) is 0 Å². The Bertz CT molecular complexity index is 186. The molecule has 1 fully saturated rings. The van der Waals surface area contributed by atoms with E-state index in [-0.39, 0.29) is 0 Å². The second-order valence-corrected chi connectivity index (χ2v) is 7.24. The molecule has 15 heavy (non-hydrogen) atoms. The van der Waals surface area contributed by atoms with Gasteiger partial charge in [0.15, 0.2) is 0 Å². The Morgan fingerprint density at radius 2 is 1.47 bits per heavy atom. The van der Waals surface area contributed by atoms with Crippen molar-refractivity contribution < 1.29 is 15.0 Å². The number of carboxylic acid groups (broad SMARTS) is 2. The summed E-state index contributed by atoms with van der Waals surface area (Å²) < 4.78 is 1.13. The molecule has 0 radical (unpaired) electrons. The molecule has 0 aromatic carbocycles. The molecule has 4 heteroatoms. The molecule has 0 spiro atoms. The van der Waals surface area contributed by atoms with Gasteiger partial charge in [0.25, 0.3) is 0 Å². The van der Waals surface area contributed by atoms with Crippen molar-refractivity contribution in [1.29, 1.82) is 0 Å². The fourth-order valence-corrected chi connectivity index (χ4v) is 2.79. The summed E-state index contributed by atoms with van der Waals surface area (Å²) in [5.74, 6) is 1.01. The molecule has 2 N–H and O–H groups in total. The minimum atomic E-state index is -1.83. The Labute approximate surface area is 110 Å². The topological polar surface area (TPSA) is 57.5 Å². The van der Waals surface area contributed by atoms with Crippen LogP contribution in [0.3, 0.4) is 0 Å². The number of carbonyl (C=O) groups is 1. The van der Waals surface area contributed by atoms with E-state index < -0.39 is 6.16 Å². The van der Waals surface area contributed by atoms with Crippen LogP contribution < -0.4 is 0 Å². The van der Waals surface area contributed by atoms with E-state index in [1.165, 1.54) is 53.6 Å². The minimum Gasteiger partial charge on any atom is -0.450 e. The van der Waals surface area contributed by atoms with E-state index in [0.717, 1.165) is 9.09 Å². The van der Waals surface area contributed by atoms with Crippen molar-refractivity contribution in [3.63, 3.8) is 0 Å². The van der Waals surface area contributed by atoms with Crippen LogP contribution in [0.4, 0.5) is 4.79 Å². The molecule has 1 saturated carbocycles. The van der Waals surface area contributed by atoms with Crippen molar-refractivity contribution in [2.45, 2.75) is 49.6 Å². The van der Waals surface area contributed by atoms with Gasteiger partial charge in [0.05, 0.1) is 0 Å². The van der Waals surface area contributed by atoms with E-state index in [1.807, 2.05) is 0 Å². The molecule has 1 aliphatic rings. The summed E-state index contributed by atoms with van der Waals surface area (Å²) >= 11 is 1.43. The molecule has 0 aromatic heterocycles. The van der Waals surface area contributed by atoms with Crippen LogP contribution in [0.5, 0.6) is 0 Å². The molecule has 0 bridgehead atoms. The van der Waals surface area contributed by atoms with Gasteiger partial charge in [-0.2, -0.15) is 0 Å². The van der Waals surface area contributed by atoms with Crippen LogP contribution in [0.1, 0.15) is 46.5 Å². The van der Waals surface area contributed by atoms with Crippen LogP contribution >= 0.6 is 0 Å². The van der Waals surface area contributed by atoms with Crippen molar-refractivity contribution in [3.05, 3.63) is 0 Å². The second kappa shape index (κ2) is 6.77. The van der Waals surface area contributed by atoms with Crippen molar-refractivity contribution in [1.82, 2.24) is 0 Å². The molecule has 0 aromatic rings. The summed E-state index contributed by atoms with van der Waals surface area (Å²) in [6.45, 7) is 7.18. The van der Waals surface area contributed by atoms with Gasteiger partial charge in [0.1, 0.15) is 0 Å². The fraction of sp³-hybridized carbons (Fsp3) is 0.909. The molecule has 84 valence electrons. The summed E-state index contributed by atoms with van der Waals surface area (Å²) in [4.78, 5) is 8.56. The second-order valence-electron chi connectivity index (χ2n) is 5.61. The minimum absolute atomic E-state index is 0.571. The summed E-state index contributed by atoms with van der Waals surface area (Å²) in [7, 11) is 0. The zero-order valence-electron chi connectivity index (χ0n) is 10.3. The normalized spacial score (nSPS) is 26.5. The Hall–Kier alpha value is 0.270. The molecular formula is C11H21NaO3. The van der Waals surface area contributed by atoms with Gasteiger partial charge in [-0.05, 0) is 0 Å². The maximum Gasteiger partial charge on any atom is 0.503 e. The summed E-state index contributed by atoms with van der Waals surface area (Å²) in [6, 6.07) is 0. The third-order valence-electron chi connectivity index (χ3n) is 3.24. The third kappa shape index (κ3) is 8.12. The number of hydrogen-bond donors (Lipinski definition) is 2. The van der Waals surface area contributed by atoms with E-state index in [4.69, 9.17) is 15.0 Å². The van der Waals surface area contributed by atoms with Crippen LogP contribution in [0, 0.1) is 11.3 Å². The average molecular weight is 224 g/mol. The third-order valence-corrected chi connectivity index (χ3v) is 4.40. The summed E-state index contributed by atoms with van der Waals surface area (Å²) in [5, 5.41) is 13.9. The first kappa shape index (κ1) is 15.3. The zero-order chi connectivity index (χ0) is 12.1. The first-order chi connectivity index (χ1) is 6.73. The van der Waals surface area contributed by atoms with Gasteiger partial charge in [-0.25, -0.2) is 4.79 Å². The summed E-state index contributed by atoms with van der Waals surface area (Å²) in [6.07, 6.45) is 4.21. The Kier molecular flexibility index (Phi) is 6.89. The molecule has 1 rings (SSSR count). The van der Waals surface area contributed by atoms with Gasteiger partial charge in [-0.1, -0.05) is 0 Å². The Balaban J connectivity index is 0.000000423. The number of rotatable bonds is 0. The average Bonchev–Trinajstić information content (AvgIpc) is 2.01. The Morgan fingerprint density at radius 1 is 1.13 bits per heavy atom. The number of hydrogen-bond acceptors (Lipinski definition) is 1. The van der Waals surface area contributed by atoms with Crippen LogP contribution in [0.2, 0.25) is 3.17 Å². The molecule has 0 atom stereocenters. The SMILES string of the molecule is CC(C)(C)C1CC[CH]([Na])CC1.O=C(O)O. The maximum absolute atomic E-state index is 8.56. The largest absolute Gasteiger partial charge is 0.503 e. The van der Waals surface area contributed by atoms with Crippen molar-refractivity contribution >= 4 is 34.1 Å². The van der Waals surface area contributed by atoms with Gasteiger partial charge >= 0.3 is 95.0 Å². The summed E-state index contributed by atoms with van der Waals surface area (Å²) in [5.41, 5.74) is 0.571. The molecule has 0 saturated heterocycles. The van der Waals surface area contributed by atoms with Gasteiger partial charge < -0.3 is 10.2 Å².